The molecule has 0 spiro atoms. The van der Waals surface area contributed by atoms with E-state index in [0.717, 1.165) is 11.1 Å². The molecule has 8 heteroatoms. The smallest absolute Gasteiger partial charge is 0.335 e. The zero-order valence-electron chi connectivity index (χ0n) is 20.2. The van der Waals surface area contributed by atoms with Crippen LogP contribution in [0.3, 0.4) is 0 Å². The van der Waals surface area contributed by atoms with Crippen LogP contribution in [0.25, 0.3) is 6.08 Å². The number of carbonyl (C=O) groups is 2. The monoisotopic (exact) mass is 498 g/mol. The van der Waals surface area contributed by atoms with Gasteiger partial charge in [0.1, 0.15) is 24.0 Å². The number of hydrogen-bond donors (Lipinski definition) is 3. The van der Waals surface area contributed by atoms with Crippen LogP contribution in [0.1, 0.15) is 34.0 Å². The summed E-state index contributed by atoms with van der Waals surface area (Å²) in [6, 6.07) is 17.7. The number of anilines is 1. The molecule has 188 valence electrons. The first-order valence-electron chi connectivity index (χ1n) is 11.4. The molecule has 0 atom stereocenters. The summed E-state index contributed by atoms with van der Waals surface area (Å²) in [5.74, 6) is -0.607. The summed E-state index contributed by atoms with van der Waals surface area (Å²) in [6.07, 6.45) is 3.60. The van der Waals surface area contributed by atoms with Crippen LogP contribution < -0.4 is 14.8 Å². The summed E-state index contributed by atoms with van der Waals surface area (Å²) >= 11 is 0. The van der Waals surface area contributed by atoms with E-state index in [1.807, 2.05) is 13.0 Å². The van der Waals surface area contributed by atoms with Crippen molar-refractivity contribution in [1.82, 2.24) is 0 Å². The number of carboxylic acid groups (broad SMARTS) is 1. The lowest BCUT2D eigenvalue weighted by Gasteiger charge is -2.17. The van der Waals surface area contributed by atoms with Crippen molar-refractivity contribution in [2.75, 3.05) is 11.9 Å². The van der Waals surface area contributed by atoms with Crippen LogP contribution in [-0.4, -0.2) is 28.7 Å². The molecule has 3 aromatic carbocycles. The molecule has 3 aromatic rings. The van der Waals surface area contributed by atoms with Crippen LogP contribution in [0.4, 0.5) is 5.69 Å². The average Bonchev–Trinajstić information content (AvgIpc) is 2.88. The van der Waals surface area contributed by atoms with Crippen molar-refractivity contribution in [1.29, 1.82) is 5.26 Å². The van der Waals surface area contributed by atoms with Crippen molar-refractivity contribution >= 4 is 23.6 Å². The molecule has 0 unspecified atom stereocenters. The fourth-order valence-corrected chi connectivity index (χ4v) is 3.46. The van der Waals surface area contributed by atoms with Gasteiger partial charge in [-0.15, -0.1) is 6.58 Å². The molecule has 0 aliphatic carbocycles. The maximum Gasteiger partial charge on any atom is 0.335 e. The number of rotatable bonds is 11. The Labute approximate surface area is 214 Å². The first kappa shape index (κ1) is 26.6. The van der Waals surface area contributed by atoms with Gasteiger partial charge in [-0.25, -0.2) is 4.79 Å². The van der Waals surface area contributed by atoms with Crippen LogP contribution in [0.15, 0.2) is 78.9 Å². The Hall–Kier alpha value is -5.03. The standard InChI is InChI=1S/C29H26N2O6/c1-3-5-22-14-20(15-23(17-30)28(33)31-24-10-12-25(32)13-11-24)16-26(36-4-2)27(22)37-18-19-6-8-21(9-7-19)29(34)35/h3,6-16,32H,1,4-5,18H2,2H3,(H,31,33)(H,34,35)/b23-15+. The van der Waals surface area contributed by atoms with Crippen LogP contribution in [-0.2, 0) is 17.8 Å². The number of benzene rings is 3. The molecule has 0 bridgehead atoms. The Morgan fingerprint density at radius 3 is 2.38 bits per heavy atom. The number of ether oxygens (including phenoxy) is 2. The van der Waals surface area contributed by atoms with Gasteiger partial charge in [-0.1, -0.05) is 18.2 Å². The molecule has 0 saturated heterocycles. The van der Waals surface area contributed by atoms with Crippen LogP contribution in [0.2, 0.25) is 0 Å². The second-order valence-corrected chi connectivity index (χ2v) is 7.89. The number of nitrogens with zero attached hydrogens (tertiary/aromatic N) is 1. The number of carboxylic acids is 1. The fourth-order valence-electron chi connectivity index (χ4n) is 3.46. The van der Waals surface area contributed by atoms with E-state index in [9.17, 15) is 20.0 Å². The topological polar surface area (TPSA) is 129 Å². The molecule has 8 nitrogen and oxygen atoms in total. The normalized spacial score (nSPS) is 10.8. The molecule has 0 aliphatic heterocycles. The van der Waals surface area contributed by atoms with Crippen molar-refractivity contribution in [2.45, 2.75) is 20.0 Å². The molecule has 37 heavy (non-hydrogen) atoms. The van der Waals surface area contributed by atoms with Gasteiger partial charge in [-0.3, -0.25) is 4.79 Å². The average molecular weight is 499 g/mol. The molecule has 0 radical (unpaired) electrons. The lowest BCUT2D eigenvalue weighted by Crippen LogP contribution is -2.13. The Kier molecular flexibility index (Phi) is 9.06. The molecular formula is C29H26N2O6. The number of phenolic OH excluding ortho intramolecular Hbond substituents is 1. The summed E-state index contributed by atoms with van der Waals surface area (Å²) < 4.78 is 11.9. The predicted octanol–water partition coefficient (Wildman–Crippen LogP) is 5.34. The molecular weight excluding hydrogens is 472 g/mol. The molecule has 0 aromatic heterocycles. The minimum atomic E-state index is -1.00. The molecule has 3 N–H and O–H groups in total. The maximum absolute atomic E-state index is 12.7. The van der Waals surface area contributed by atoms with E-state index in [4.69, 9.17) is 14.6 Å². The highest BCUT2D eigenvalue weighted by molar-refractivity contribution is 6.09. The summed E-state index contributed by atoms with van der Waals surface area (Å²) in [4.78, 5) is 23.8. The van der Waals surface area contributed by atoms with Crippen LogP contribution in [0.5, 0.6) is 17.2 Å². The minimum Gasteiger partial charge on any atom is -0.508 e. The Morgan fingerprint density at radius 2 is 1.78 bits per heavy atom. The number of allylic oxidation sites excluding steroid dienone is 1. The van der Waals surface area contributed by atoms with E-state index in [1.165, 1.54) is 42.5 Å². The van der Waals surface area contributed by atoms with Gasteiger partial charge in [-0.2, -0.15) is 5.26 Å². The van der Waals surface area contributed by atoms with E-state index in [2.05, 4.69) is 11.9 Å². The molecule has 0 saturated carbocycles. The number of carbonyl (C=O) groups excluding carboxylic acids is 1. The summed E-state index contributed by atoms with van der Waals surface area (Å²) in [7, 11) is 0. The van der Waals surface area contributed by atoms with E-state index >= 15 is 0 Å². The third-order valence-corrected chi connectivity index (χ3v) is 5.20. The van der Waals surface area contributed by atoms with E-state index in [0.29, 0.717) is 35.8 Å². The summed E-state index contributed by atoms with van der Waals surface area (Å²) in [5, 5.41) is 30.7. The highest BCUT2D eigenvalue weighted by Crippen LogP contribution is 2.35. The van der Waals surface area contributed by atoms with Crippen molar-refractivity contribution in [2.24, 2.45) is 0 Å². The lowest BCUT2D eigenvalue weighted by atomic mass is 10.0. The number of phenols is 1. The fraction of sp³-hybridized carbons (Fsp3) is 0.138. The minimum absolute atomic E-state index is 0.0619. The number of nitriles is 1. The van der Waals surface area contributed by atoms with Crippen LogP contribution in [0, 0.1) is 11.3 Å². The molecule has 0 fully saturated rings. The van der Waals surface area contributed by atoms with Crippen molar-refractivity contribution in [3.63, 3.8) is 0 Å². The number of amides is 1. The summed E-state index contributed by atoms with van der Waals surface area (Å²) in [6.45, 7) is 6.17. The molecule has 0 heterocycles. The van der Waals surface area contributed by atoms with E-state index in [-0.39, 0.29) is 23.5 Å². The third kappa shape index (κ3) is 7.23. The summed E-state index contributed by atoms with van der Waals surface area (Å²) in [5.41, 5.74) is 2.59. The number of aromatic hydroxyl groups is 1. The first-order chi connectivity index (χ1) is 17.8. The van der Waals surface area contributed by atoms with Crippen LogP contribution >= 0.6 is 0 Å². The van der Waals surface area contributed by atoms with Gasteiger partial charge in [0.25, 0.3) is 5.91 Å². The molecule has 0 aliphatic rings. The van der Waals surface area contributed by atoms with Gasteiger partial charge >= 0.3 is 5.97 Å². The Morgan fingerprint density at radius 1 is 1.08 bits per heavy atom. The van der Waals surface area contributed by atoms with Crippen molar-refractivity contribution < 1.29 is 29.3 Å². The first-order valence-corrected chi connectivity index (χ1v) is 11.4. The second kappa shape index (κ2) is 12.6. The van der Waals surface area contributed by atoms with Gasteiger partial charge in [0.15, 0.2) is 11.5 Å². The zero-order valence-corrected chi connectivity index (χ0v) is 20.2. The number of hydrogen-bond acceptors (Lipinski definition) is 6. The Balaban J connectivity index is 1.90. The zero-order chi connectivity index (χ0) is 26.8. The third-order valence-electron chi connectivity index (χ3n) is 5.20. The van der Waals surface area contributed by atoms with Crippen molar-refractivity contribution in [3.8, 4) is 23.3 Å². The highest BCUT2D eigenvalue weighted by Gasteiger charge is 2.16. The van der Waals surface area contributed by atoms with Crippen molar-refractivity contribution in [3.05, 3.63) is 101 Å². The van der Waals surface area contributed by atoms with Gasteiger partial charge in [-0.05, 0) is 79.1 Å². The second-order valence-electron chi connectivity index (χ2n) is 7.89. The quantitative estimate of drug-likeness (QED) is 0.141. The van der Waals surface area contributed by atoms with Gasteiger partial charge < -0.3 is 25.0 Å². The Bertz CT molecular complexity index is 1350. The SMILES string of the molecule is C=CCc1cc(/C=C(\C#N)C(=O)Nc2ccc(O)cc2)cc(OCC)c1OCc1ccc(C(=O)O)cc1. The molecule has 3 rings (SSSR count). The maximum atomic E-state index is 12.7. The molecule has 1 amide bonds. The van der Waals surface area contributed by atoms with E-state index < -0.39 is 11.9 Å². The predicted molar refractivity (Wildman–Crippen MR) is 140 cm³/mol. The lowest BCUT2D eigenvalue weighted by molar-refractivity contribution is -0.112. The van der Waals surface area contributed by atoms with Gasteiger partial charge in [0.05, 0.1) is 12.2 Å². The van der Waals surface area contributed by atoms with Gasteiger partial charge in [0, 0.05) is 11.3 Å². The number of nitrogens with one attached hydrogen (secondary N) is 1. The highest BCUT2D eigenvalue weighted by atomic mass is 16.5. The largest absolute Gasteiger partial charge is 0.508 e. The van der Waals surface area contributed by atoms with Gasteiger partial charge in [0.2, 0.25) is 0 Å². The number of aromatic carboxylic acids is 1. The van der Waals surface area contributed by atoms with E-state index in [1.54, 1.807) is 30.3 Å².